The summed E-state index contributed by atoms with van der Waals surface area (Å²) in [5.74, 6) is -0.533. The Hall–Kier alpha value is -1.53. The Morgan fingerprint density at radius 2 is 1.89 bits per heavy atom. The first kappa shape index (κ1) is 14.5. The SMILES string of the molecule is Cc1c(B(O)O)cc(N)cc1C(=O)OC(C)(C)C. The Bertz CT molecular complexity index is 466. The number of hydrogen-bond acceptors (Lipinski definition) is 5. The predicted octanol–water partition coefficient (Wildman–Crippen LogP) is 0.212. The van der Waals surface area contributed by atoms with Gasteiger partial charge >= 0.3 is 13.1 Å². The van der Waals surface area contributed by atoms with Gasteiger partial charge in [0.2, 0.25) is 0 Å². The van der Waals surface area contributed by atoms with E-state index < -0.39 is 18.7 Å². The van der Waals surface area contributed by atoms with Crippen LogP contribution in [-0.4, -0.2) is 28.7 Å². The average molecular weight is 251 g/mol. The largest absolute Gasteiger partial charge is 0.488 e. The smallest absolute Gasteiger partial charge is 0.456 e. The molecule has 0 aliphatic carbocycles. The number of ether oxygens (including phenoxy) is 1. The zero-order valence-electron chi connectivity index (χ0n) is 11.0. The van der Waals surface area contributed by atoms with Gasteiger partial charge in [-0.15, -0.1) is 0 Å². The fraction of sp³-hybridized carbons (Fsp3) is 0.417. The molecule has 0 saturated carbocycles. The standard InChI is InChI=1S/C12H18BNO4/c1-7-9(11(15)18-12(2,3)4)5-8(14)6-10(7)13(16)17/h5-6,16-17H,14H2,1-4H3. The van der Waals surface area contributed by atoms with E-state index in [1.165, 1.54) is 12.1 Å². The number of carbonyl (C=O) groups is 1. The highest BCUT2D eigenvalue weighted by molar-refractivity contribution is 6.59. The van der Waals surface area contributed by atoms with Gasteiger partial charge in [-0.3, -0.25) is 0 Å². The molecule has 0 fully saturated rings. The molecule has 0 bridgehead atoms. The number of nitrogen functional groups attached to an aromatic ring is 1. The van der Waals surface area contributed by atoms with E-state index in [1.54, 1.807) is 27.7 Å². The quantitative estimate of drug-likeness (QED) is 0.397. The molecule has 1 aromatic carbocycles. The van der Waals surface area contributed by atoms with Crippen molar-refractivity contribution >= 4 is 24.2 Å². The normalized spacial score (nSPS) is 11.2. The Kier molecular flexibility index (Phi) is 4.03. The van der Waals surface area contributed by atoms with Crippen molar-refractivity contribution in [2.75, 3.05) is 5.73 Å². The molecule has 4 N–H and O–H groups in total. The van der Waals surface area contributed by atoms with Crippen molar-refractivity contribution in [2.45, 2.75) is 33.3 Å². The lowest BCUT2D eigenvalue weighted by Gasteiger charge is -2.21. The van der Waals surface area contributed by atoms with Crippen LogP contribution in [0.4, 0.5) is 5.69 Å². The summed E-state index contributed by atoms with van der Waals surface area (Å²) in [5.41, 5.74) is 6.20. The first-order chi connectivity index (χ1) is 8.11. The molecule has 0 heterocycles. The molecule has 98 valence electrons. The topological polar surface area (TPSA) is 92.8 Å². The van der Waals surface area contributed by atoms with Crippen LogP contribution in [0.25, 0.3) is 0 Å². The predicted molar refractivity (Wildman–Crippen MR) is 70.6 cm³/mol. The molecule has 0 spiro atoms. The summed E-state index contributed by atoms with van der Waals surface area (Å²) in [5, 5.41) is 18.4. The van der Waals surface area contributed by atoms with E-state index in [-0.39, 0.29) is 16.7 Å². The third-order valence-electron chi connectivity index (χ3n) is 2.37. The van der Waals surface area contributed by atoms with Crippen molar-refractivity contribution < 1.29 is 19.6 Å². The molecule has 1 rings (SSSR count). The molecule has 0 unspecified atom stereocenters. The van der Waals surface area contributed by atoms with Gasteiger partial charge in [0, 0.05) is 5.69 Å². The second-order valence-electron chi connectivity index (χ2n) is 5.16. The van der Waals surface area contributed by atoms with Crippen molar-refractivity contribution in [1.29, 1.82) is 0 Å². The van der Waals surface area contributed by atoms with Crippen LogP contribution in [0.1, 0.15) is 36.7 Å². The summed E-state index contributed by atoms with van der Waals surface area (Å²) in [6.45, 7) is 6.89. The van der Waals surface area contributed by atoms with E-state index in [4.69, 9.17) is 10.5 Å². The lowest BCUT2D eigenvalue weighted by Crippen LogP contribution is -2.34. The first-order valence-corrected chi connectivity index (χ1v) is 5.61. The molecule has 0 aromatic heterocycles. The number of anilines is 1. The minimum atomic E-state index is -1.67. The van der Waals surface area contributed by atoms with E-state index in [0.717, 1.165) is 0 Å². The van der Waals surface area contributed by atoms with Gasteiger partial charge in [0.15, 0.2) is 0 Å². The summed E-state index contributed by atoms with van der Waals surface area (Å²) in [6, 6.07) is 2.89. The van der Waals surface area contributed by atoms with Gasteiger partial charge in [0.05, 0.1) is 5.56 Å². The third kappa shape index (κ3) is 3.48. The third-order valence-corrected chi connectivity index (χ3v) is 2.37. The highest BCUT2D eigenvalue weighted by Gasteiger charge is 2.24. The minimum absolute atomic E-state index is 0.204. The first-order valence-electron chi connectivity index (χ1n) is 5.61. The maximum Gasteiger partial charge on any atom is 0.488 e. The van der Waals surface area contributed by atoms with E-state index in [0.29, 0.717) is 5.56 Å². The number of carbonyl (C=O) groups excluding carboxylic acids is 1. The summed E-state index contributed by atoms with van der Waals surface area (Å²) in [6.07, 6.45) is 0. The Morgan fingerprint density at radius 1 is 1.33 bits per heavy atom. The van der Waals surface area contributed by atoms with E-state index >= 15 is 0 Å². The molecule has 1 aromatic rings. The van der Waals surface area contributed by atoms with Gasteiger partial charge in [-0.1, -0.05) is 0 Å². The molecular weight excluding hydrogens is 233 g/mol. The van der Waals surface area contributed by atoms with Crippen LogP contribution in [0.5, 0.6) is 0 Å². The molecule has 6 heteroatoms. The van der Waals surface area contributed by atoms with Crippen molar-refractivity contribution in [1.82, 2.24) is 0 Å². The second-order valence-corrected chi connectivity index (χ2v) is 5.16. The second kappa shape index (κ2) is 5.00. The number of benzene rings is 1. The van der Waals surface area contributed by atoms with Crippen LogP contribution < -0.4 is 11.2 Å². The van der Waals surface area contributed by atoms with E-state index in [2.05, 4.69) is 0 Å². The monoisotopic (exact) mass is 251 g/mol. The van der Waals surface area contributed by atoms with Gasteiger partial charge in [-0.05, 0) is 50.9 Å². The van der Waals surface area contributed by atoms with Crippen LogP contribution in [0.2, 0.25) is 0 Å². The van der Waals surface area contributed by atoms with Gasteiger partial charge in [-0.2, -0.15) is 0 Å². The Labute approximate surface area is 107 Å². The lowest BCUT2D eigenvalue weighted by molar-refractivity contribution is 0.00689. The highest BCUT2D eigenvalue weighted by atomic mass is 16.6. The summed E-state index contributed by atoms with van der Waals surface area (Å²) >= 11 is 0. The van der Waals surface area contributed by atoms with E-state index in [9.17, 15) is 14.8 Å². The van der Waals surface area contributed by atoms with E-state index in [1.807, 2.05) is 0 Å². The highest BCUT2D eigenvalue weighted by Crippen LogP contribution is 2.17. The van der Waals surface area contributed by atoms with Gasteiger partial charge in [0.1, 0.15) is 5.60 Å². The molecule has 5 nitrogen and oxygen atoms in total. The van der Waals surface area contributed by atoms with Crippen LogP contribution in [0.3, 0.4) is 0 Å². The maximum absolute atomic E-state index is 12.0. The molecule has 0 aliphatic heterocycles. The number of nitrogens with two attached hydrogens (primary N) is 1. The molecular formula is C12H18BNO4. The molecule has 0 radical (unpaired) electrons. The summed E-state index contributed by atoms with van der Waals surface area (Å²) < 4.78 is 5.24. The summed E-state index contributed by atoms with van der Waals surface area (Å²) in [4.78, 5) is 12.0. The Morgan fingerprint density at radius 3 is 2.33 bits per heavy atom. The van der Waals surface area contributed by atoms with Crippen molar-refractivity contribution in [3.05, 3.63) is 23.3 Å². The molecule has 0 aliphatic rings. The van der Waals surface area contributed by atoms with Crippen LogP contribution in [0.15, 0.2) is 12.1 Å². The summed E-state index contributed by atoms with van der Waals surface area (Å²) in [7, 11) is -1.67. The number of rotatable bonds is 2. The van der Waals surface area contributed by atoms with Gasteiger partial charge in [0.25, 0.3) is 0 Å². The maximum atomic E-state index is 12.0. The van der Waals surface area contributed by atoms with Crippen molar-refractivity contribution in [3.63, 3.8) is 0 Å². The zero-order valence-corrected chi connectivity index (χ0v) is 11.0. The molecule has 0 saturated heterocycles. The zero-order chi connectivity index (χ0) is 14.1. The van der Waals surface area contributed by atoms with Crippen LogP contribution in [-0.2, 0) is 4.74 Å². The minimum Gasteiger partial charge on any atom is -0.456 e. The fourth-order valence-corrected chi connectivity index (χ4v) is 1.57. The average Bonchev–Trinajstić information content (AvgIpc) is 2.17. The Balaban J connectivity index is 3.21. The van der Waals surface area contributed by atoms with Crippen LogP contribution >= 0.6 is 0 Å². The van der Waals surface area contributed by atoms with Crippen molar-refractivity contribution in [3.8, 4) is 0 Å². The number of esters is 1. The van der Waals surface area contributed by atoms with Crippen LogP contribution in [0, 0.1) is 6.92 Å². The lowest BCUT2D eigenvalue weighted by atomic mass is 9.75. The van der Waals surface area contributed by atoms with Gasteiger partial charge in [-0.25, -0.2) is 4.79 Å². The molecule has 0 amide bonds. The number of hydrogen-bond donors (Lipinski definition) is 3. The fourth-order valence-electron chi connectivity index (χ4n) is 1.57. The van der Waals surface area contributed by atoms with Gasteiger partial charge < -0.3 is 20.5 Å². The van der Waals surface area contributed by atoms with Crippen molar-refractivity contribution in [2.24, 2.45) is 0 Å². The molecule has 18 heavy (non-hydrogen) atoms. The molecule has 0 atom stereocenters.